The summed E-state index contributed by atoms with van der Waals surface area (Å²) >= 11 is 0. The second kappa shape index (κ2) is 4.59. The van der Waals surface area contributed by atoms with Gasteiger partial charge in [-0.3, -0.25) is 4.31 Å². The number of nitrogens with two attached hydrogens (primary N) is 1. The van der Waals surface area contributed by atoms with Gasteiger partial charge in [0.25, 0.3) is 0 Å². The van der Waals surface area contributed by atoms with E-state index >= 15 is 0 Å². The highest BCUT2D eigenvalue weighted by Crippen LogP contribution is 2.21. The first-order chi connectivity index (χ1) is 8.03. The van der Waals surface area contributed by atoms with Crippen LogP contribution in [0.2, 0.25) is 0 Å². The van der Waals surface area contributed by atoms with Gasteiger partial charge >= 0.3 is 10.2 Å². The predicted octanol–water partition coefficient (Wildman–Crippen LogP) is 0.0550. The lowest BCUT2D eigenvalue weighted by atomic mass is 10.1. The molecule has 5 nitrogen and oxygen atoms in total. The highest BCUT2D eigenvalue weighted by Gasteiger charge is 2.30. The van der Waals surface area contributed by atoms with Crippen LogP contribution in [0.4, 0.5) is 10.1 Å². The zero-order valence-electron chi connectivity index (χ0n) is 9.14. The number of anilines is 1. The average molecular weight is 259 g/mol. The van der Waals surface area contributed by atoms with Crippen molar-refractivity contribution >= 4 is 15.9 Å². The van der Waals surface area contributed by atoms with Gasteiger partial charge in [-0.25, -0.2) is 4.39 Å². The van der Waals surface area contributed by atoms with E-state index in [0.29, 0.717) is 25.3 Å². The van der Waals surface area contributed by atoms with Gasteiger partial charge in [-0.2, -0.15) is 13.1 Å². The van der Waals surface area contributed by atoms with Crippen LogP contribution in [0.1, 0.15) is 0 Å². The second-order valence-electron chi connectivity index (χ2n) is 3.96. The minimum atomic E-state index is -3.53. The molecule has 1 atom stereocenters. The van der Waals surface area contributed by atoms with Gasteiger partial charge in [0.05, 0.1) is 5.69 Å². The molecule has 2 rings (SSSR count). The summed E-state index contributed by atoms with van der Waals surface area (Å²) in [5.74, 6) is -0.338. The van der Waals surface area contributed by atoms with E-state index in [1.54, 1.807) is 0 Å². The topological polar surface area (TPSA) is 75.4 Å². The van der Waals surface area contributed by atoms with Crippen LogP contribution in [0.15, 0.2) is 24.3 Å². The number of rotatable bonds is 2. The van der Waals surface area contributed by atoms with E-state index in [4.69, 9.17) is 5.73 Å². The molecule has 1 fully saturated rings. The van der Waals surface area contributed by atoms with Crippen molar-refractivity contribution in [3.63, 3.8) is 0 Å². The fourth-order valence-electron chi connectivity index (χ4n) is 1.71. The van der Waals surface area contributed by atoms with Gasteiger partial charge in [-0.05, 0) is 30.8 Å². The van der Waals surface area contributed by atoms with Crippen LogP contribution in [0.25, 0.3) is 0 Å². The molecule has 94 valence electrons. The Labute approximate surface area is 99.6 Å². The number of nitrogens with zero attached hydrogens (tertiary/aromatic N) is 1. The maximum absolute atomic E-state index is 12.8. The molecule has 1 aliphatic heterocycles. The van der Waals surface area contributed by atoms with E-state index in [1.165, 1.54) is 28.6 Å². The van der Waals surface area contributed by atoms with Gasteiger partial charge in [0.1, 0.15) is 5.82 Å². The molecule has 0 radical (unpaired) electrons. The standard InChI is InChI=1S/C10H14FN3O2S/c11-9-1-3-10(4-2-9)14-7-8(5-12)6-13-17(14,15)16/h1-4,8,13H,5-7,12H2. The first-order valence-electron chi connectivity index (χ1n) is 5.26. The van der Waals surface area contributed by atoms with Crippen LogP contribution >= 0.6 is 0 Å². The Kier molecular flexibility index (Phi) is 3.32. The largest absolute Gasteiger partial charge is 0.330 e. The molecule has 17 heavy (non-hydrogen) atoms. The number of halogens is 1. The van der Waals surface area contributed by atoms with Crippen molar-refractivity contribution in [1.82, 2.24) is 4.72 Å². The second-order valence-corrected chi connectivity index (χ2v) is 5.64. The molecule has 0 aliphatic carbocycles. The van der Waals surface area contributed by atoms with Crippen molar-refractivity contribution in [2.75, 3.05) is 23.9 Å². The van der Waals surface area contributed by atoms with Gasteiger partial charge in [0.2, 0.25) is 0 Å². The summed E-state index contributed by atoms with van der Waals surface area (Å²) in [5.41, 5.74) is 5.98. The summed E-state index contributed by atoms with van der Waals surface area (Å²) in [7, 11) is -3.53. The Morgan fingerprint density at radius 1 is 1.41 bits per heavy atom. The van der Waals surface area contributed by atoms with Crippen LogP contribution in [-0.4, -0.2) is 28.1 Å². The Morgan fingerprint density at radius 3 is 2.65 bits per heavy atom. The molecule has 1 saturated heterocycles. The number of nitrogens with one attached hydrogen (secondary N) is 1. The van der Waals surface area contributed by atoms with Crippen molar-refractivity contribution in [1.29, 1.82) is 0 Å². The maximum Gasteiger partial charge on any atom is 0.301 e. The zero-order chi connectivity index (χ0) is 12.5. The molecule has 0 amide bonds. The molecular formula is C10H14FN3O2S. The van der Waals surface area contributed by atoms with E-state index in [9.17, 15) is 12.8 Å². The Balaban J connectivity index is 2.30. The minimum absolute atomic E-state index is 0.0589. The van der Waals surface area contributed by atoms with Gasteiger partial charge in [-0.1, -0.05) is 0 Å². The molecule has 1 heterocycles. The van der Waals surface area contributed by atoms with Crippen molar-refractivity contribution in [2.24, 2.45) is 11.7 Å². The summed E-state index contributed by atoms with van der Waals surface area (Å²) in [4.78, 5) is 0. The molecule has 3 N–H and O–H groups in total. The molecule has 1 aromatic rings. The predicted molar refractivity (Wildman–Crippen MR) is 63.2 cm³/mol. The van der Waals surface area contributed by atoms with Crippen LogP contribution < -0.4 is 14.8 Å². The summed E-state index contributed by atoms with van der Waals surface area (Å²) in [5, 5.41) is 0. The highest BCUT2D eigenvalue weighted by molar-refractivity contribution is 7.90. The Bertz CT molecular complexity index is 489. The third kappa shape index (κ3) is 2.56. The third-order valence-corrected chi connectivity index (χ3v) is 4.19. The van der Waals surface area contributed by atoms with Crippen LogP contribution in [0.5, 0.6) is 0 Å². The van der Waals surface area contributed by atoms with Crippen LogP contribution in [0.3, 0.4) is 0 Å². The van der Waals surface area contributed by atoms with Gasteiger partial charge in [0, 0.05) is 19.0 Å². The van der Waals surface area contributed by atoms with Gasteiger partial charge in [-0.15, -0.1) is 0 Å². The van der Waals surface area contributed by atoms with E-state index in [-0.39, 0.29) is 5.92 Å². The summed E-state index contributed by atoms with van der Waals surface area (Å²) in [6.45, 7) is 1.06. The average Bonchev–Trinajstić information content (AvgIpc) is 2.30. The maximum atomic E-state index is 12.8. The fourth-order valence-corrected chi connectivity index (χ4v) is 3.12. The fraction of sp³-hybridized carbons (Fsp3) is 0.400. The first kappa shape index (κ1) is 12.3. The summed E-state index contributed by atoms with van der Waals surface area (Å²) < 4.78 is 40.1. The molecular weight excluding hydrogens is 245 g/mol. The van der Waals surface area contributed by atoms with E-state index in [0.717, 1.165) is 0 Å². The lowest BCUT2D eigenvalue weighted by Gasteiger charge is -2.33. The van der Waals surface area contributed by atoms with Crippen molar-refractivity contribution in [2.45, 2.75) is 0 Å². The van der Waals surface area contributed by atoms with Crippen LogP contribution in [-0.2, 0) is 10.2 Å². The normalized spacial score (nSPS) is 23.6. The quantitative estimate of drug-likeness (QED) is 0.788. The minimum Gasteiger partial charge on any atom is -0.330 e. The Hall–Kier alpha value is -1.18. The van der Waals surface area contributed by atoms with Crippen LogP contribution in [0, 0.1) is 11.7 Å². The number of benzene rings is 1. The zero-order valence-corrected chi connectivity index (χ0v) is 9.95. The van der Waals surface area contributed by atoms with Crippen molar-refractivity contribution in [3.8, 4) is 0 Å². The van der Waals surface area contributed by atoms with E-state index in [2.05, 4.69) is 4.72 Å². The highest BCUT2D eigenvalue weighted by atomic mass is 32.2. The lowest BCUT2D eigenvalue weighted by molar-refractivity contribution is 0.486. The summed E-state index contributed by atoms with van der Waals surface area (Å²) in [6, 6.07) is 5.34. The van der Waals surface area contributed by atoms with E-state index in [1.807, 2.05) is 0 Å². The summed E-state index contributed by atoms with van der Waals surface area (Å²) in [6.07, 6.45) is 0. The monoisotopic (exact) mass is 259 g/mol. The molecule has 0 bridgehead atoms. The van der Waals surface area contributed by atoms with Crippen molar-refractivity contribution < 1.29 is 12.8 Å². The van der Waals surface area contributed by atoms with Gasteiger partial charge in [0.15, 0.2) is 0 Å². The molecule has 0 aromatic heterocycles. The van der Waals surface area contributed by atoms with Gasteiger partial charge < -0.3 is 5.73 Å². The van der Waals surface area contributed by atoms with E-state index < -0.39 is 16.0 Å². The molecule has 1 aromatic carbocycles. The first-order valence-corrected chi connectivity index (χ1v) is 6.70. The SMILES string of the molecule is NCC1CNS(=O)(=O)N(c2ccc(F)cc2)C1. The Morgan fingerprint density at radius 2 is 2.06 bits per heavy atom. The molecule has 0 saturated carbocycles. The molecule has 1 aliphatic rings. The number of hydrogen-bond donors (Lipinski definition) is 2. The molecule has 0 spiro atoms. The lowest BCUT2D eigenvalue weighted by Crippen LogP contribution is -2.53. The number of hydrogen-bond acceptors (Lipinski definition) is 3. The third-order valence-electron chi connectivity index (χ3n) is 2.72. The van der Waals surface area contributed by atoms with Crippen molar-refractivity contribution in [3.05, 3.63) is 30.1 Å². The molecule has 1 unspecified atom stereocenters. The molecule has 7 heteroatoms. The smallest absolute Gasteiger partial charge is 0.301 e.